The van der Waals surface area contributed by atoms with Crippen LogP contribution in [0.4, 0.5) is 5.69 Å². The van der Waals surface area contributed by atoms with E-state index in [1.807, 2.05) is 36.2 Å². The summed E-state index contributed by atoms with van der Waals surface area (Å²) in [6.45, 7) is 3.57. The number of carbonyl (C=O) groups excluding carboxylic acids is 1. The Morgan fingerprint density at radius 2 is 1.57 bits per heavy atom. The Hall–Kier alpha value is -2.38. The predicted octanol–water partition coefficient (Wildman–Crippen LogP) is 2.22. The molecule has 7 heteroatoms. The lowest BCUT2D eigenvalue weighted by Gasteiger charge is -2.32. The summed E-state index contributed by atoms with van der Waals surface area (Å²) in [5.74, 6) is -0.0413. The average molecular weight is 400 g/mol. The van der Waals surface area contributed by atoms with Gasteiger partial charge in [-0.25, -0.2) is 8.42 Å². The largest absolute Gasteiger partial charge is 0.336 e. The third-order valence-corrected chi connectivity index (χ3v) is 7.37. The molecule has 2 heterocycles. The molecule has 2 aliphatic rings. The van der Waals surface area contributed by atoms with Crippen LogP contribution in [0.25, 0.3) is 0 Å². The quantitative estimate of drug-likeness (QED) is 0.794. The zero-order valence-corrected chi connectivity index (χ0v) is 16.9. The van der Waals surface area contributed by atoms with E-state index in [-0.39, 0.29) is 10.8 Å². The molecule has 1 saturated heterocycles. The van der Waals surface area contributed by atoms with Gasteiger partial charge in [-0.3, -0.25) is 9.10 Å². The number of para-hydroxylation sites is 1. The van der Waals surface area contributed by atoms with Crippen molar-refractivity contribution in [3.63, 3.8) is 0 Å². The van der Waals surface area contributed by atoms with Crippen molar-refractivity contribution in [1.82, 2.24) is 9.80 Å². The van der Waals surface area contributed by atoms with Crippen LogP contribution < -0.4 is 4.31 Å². The number of sulfonamides is 1. The number of amides is 1. The number of benzene rings is 2. The molecule has 148 valence electrons. The Morgan fingerprint density at radius 1 is 0.893 bits per heavy atom. The summed E-state index contributed by atoms with van der Waals surface area (Å²) in [4.78, 5) is 16.9. The van der Waals surface area contributed by atoms with Gasteiger partial charge in [-0.1, -0.05) is 18.2 Å². The minimum atomic E-state index is -3.65. The molecule has 0 unspecified atom stereocenters. The summed E-state index contributed by atoms with van der Waals surface area (Å²) in [6.07, 6.45) is 1.69. The van der Waals surface area contributed by atoms with Crippen LogP contribution >= 0.6 is 0 Å². The SMILES string of the molecule is CN1CCN(C(=O)c2ccc(S(=O)(=O)N3CCCc4ccccc43)cc2)CC1. The van der Waals surface area contributed by atoms with E-state index in [1.54, 1.807) is 24.3 Å². The van der Waals surface area contributed by atoms with Gasteiger partial charge in [-0.2, -0.15) is 0 Å². The molecule has 6 nitrogen and oxygen atoms in total. The Balaban J connectivity index is 1.56. The molecule has 1 fully saturated rings. The fourth-order valence-corrected chi connectivity index (χ4v) is 5.38. The van der Waals surface area contributed by atoms with Gasteiger partial charge < -0.3 is 9.80 Å². The Morgan fingerprint density at radius 3 is 2.29 bits per heavy atom. The van der Waals surface area contributed by atoms with Crippen molar-refractivity contribution in [3.05, 3.63) is 59.7 Å². The second kappa shape index (κ2) is 7.56. The molecule has 0 aromatic heterocycles. The van der Waals surface area contributed by atoms with E-state index >= 15 is 0 Å². The fraction of sp³-hybridized carbons (Fsp3) is 0.381. The first-order valence-electron chi connectivity index (χ1n) is 9.65. The van der Waals surface area contributed by atoms with E-state index < -0.39 is 10.0 Å². The van der Waals surface area contributed by atoms with Crippen molar-refractivity contribution in [2.45, 2.75) is 17.7 Å². The number of piperazine rings is 1. The molecule has 4 rings (SSSR count). The summed E-state index contributed by atoms with van der Waals surface area (Å²) >= 11 is 0. The highest BCUT2D eigenvalue weighted by Gasteiger charge is 2.29. The van der Waals surface area contributed by atoms with Crippen LogP contribution in [-0.4, -0.2) is 63.9 Å². The van der Waals surface area contributed by atoms with Gasteiger partial charge in [0, 0.05) is 38.3 Å². The van der Waals surface area contributed by atoms with Crippen molar-refractivity contribution >= 4 is 21.6 Å². The van der Waals surface area contributed by atoms with Gasteiger partial charge in [0.15, 0.2) is 0 Å². The van der Waals surface area contributed by atoms with Crippen LogP contribution in [0, 0.1) is 0 Å². The van der Waals surface area contributed by atoms with Crippen molar-refractivity contribution < 1.29 is 13.2 Å². The Kier molecular flexibility index (Phi) is 5.12. The fourth-order valence-electron chi connectivity index (χ4n) is 3.84. The lowest BCUT2D eigenvalue weighted by atomic mass is 10.0. The van der Waals surface area contributed by atoms with Gasteiger partial charge in [0.05, 0.1) is 10.6 Å². The molecule has 28 heavy (non-hydrogen) atoms. The van der Waals surface area contributed by atoms with Crippen molar-refractivity contribution in [2.24, 2.45) is 0 Å². The first-order valence-corrected chi connectivity index (χ1v) is 11.1. The molecule has 0 atom stereocenters. The minimum absolute atomic E-state index is 0.0413. The van der Waals surface area contributed by atoms with Gasteiger partial charge in [0.25, 0.3) is 15.9 Å². The molecule has 0 saturated carbocycles. The van der Waals surface area contributed by atoms with Crippen LogP contribution in [0.15, 0.2) is 53.4 Å². The maximum absolute atomic E-state index is 13.2. The van der Waals surface area contributed by atoms with Gasteiger partial charge in [0.1, 0.15) is 0 Å². The number of anilines is 1. The number of hydrogen-bond donors (Lipinski definition) is 0. The van der Waals surface area contributed by atoms with Crippen molar-refractivity contribution in [1.29, 1.82) is 0 Å². The third-order valence-electron chi connectivity index (χ3n) is 5.55. The third kappa shape index (κ3) is 3.52. The van der Waals surface area contributed by atoms with Crippen LogP contribution in [-0.2, 0) is 16.4 Å². The first-order chi connectivity index (χ1) is 13.5. The van der Waals surface area contributed by atoms with Crippen LogP contribution in [0.1, 0.15) is 22.3 Å². The smallest absolute Gasteiger partial charge is 0.264 e. The highest BCUT2D eigenvalue weighted by molar-refractivity contribution is 7.92. The van der Waals surface area contributed by atoms with Gasteiger partial charge in [0.2, 0.25) is 0 Å². The predicted molar refractivity (Wildman–Crippen MR) is 109 cm³/mol. The Bertz CT molecular complexity index is 965. The standard InChI is InChI=1S/C21H25N3O3S/c1-22-13-15-23(16-14-22)21(25)18-8-10-19(11-9-18)28(26,27)24-12-4-6-17-5-2-3-7-20(17)24/h2-3,5,7-11H,4,6,12-16H2,1H3. The van der Waals surface area contributed by atoms with Crippen LogP contribution in [0.3, 0.4) is 0 Å². The molecular weight excluding hydrogens is 374 g/mol. The molecule has 2 aliphatic heterocycles. The van der Waals surface area contributed by atoms with E-state index in [0.717, 1.165) is 37.2 Å². The molecule has 2 aromatic rings. The summed E-state index contributed by atoms with van der Waals surface area (Å²) in [6, 6.07) is 14.0. The van der Waals surface area contributed by atoms with Crippen LogP contribution in [0.2, 0.25) is 0 Å². The van der Waals surface area contributed by atoms with E-state index in [9.17, 15) is 13.2 Å². The normalized spacial score (nSPS) is 18.0. The highest BCUT2D eigenvalue weighted by atomic mass is 32.2. The van der Waals surface area contributed by atoms with E-state index in [1.165, 1.54) is 4.31 Å². The molecule has 0 aliphatic carbocycles. The number of aryl methyl sites for hydroxylation is 1. The molecule has 2 aromatic carbocycles. The molecule has 0 bridgehead atoms. The van der Waals surface area contributed by atoms with E-state index in [2.05, 4.69) is 4.90 Å². The zero-order valence-electron chi connectivity index (χ0n) is 16.0. The second-order valence-corrected chi connectivity index (χ2v) is 9.29. The molecule has 0 N–H and O–H groups in total. The number of nitrogens with zero attached hydrogens (tertiary/aromatic N) is 3. The Labute approximate surface area is 166 Å². The van der Waals surface area contributed by atoms with Crippen LogP contribution in [0.5, 0.6) is 0 Å². The maximum atomic E-state index is 13.2. The van der Waals surface area contributed by atoms with Crippen molar-refractivity contribution in [3.8, 4) is 0 Å². The number of carbonyl (C=O) groups is 1. The average Bonchev–Trinajstić information content (AvgIpc) is 2.73. The van der Waals surface area contributed by atoms with Crippen molar-refractivity contribution in [2.75, 3.05) is 44.1 Å². The molecule has 0 spiro atoms. The number of rotatable bonds is 3. The van der Waals surface area contributed by atoms with Gasteiger partial charge >= 0.3 is 0 Å². The first kappa shape index (κ1) is 19.0. The number of likely N-dealkylation sites (N-methyl/N-ethyl adjacent to an activating group) is 1. The number of fused-ring (bicyclic) bond motifs is 1. The monoisotopic (exact) mass is 399 g/mol. The van der Waals surface area contributed by atoms with Gasteiger partial charge in [-0.15, -0.1) is 0 Å². The number of hydrogen-bond acceptors (Lipinski definition) is 4. The zero-order chi connectivity index (χ0) is 19.7. The second-order valence-electron chi connectivity index (χ2n) is 7.43. The molecule has 1 amide bonds. The summed E-state index contributed by atoms with van der Waals surface area (Å²) in [7, 11) is -1.61. The summed E-state index contributed by atoms with van der Waals surface area (Å²) < 4.78 is 27.9. The topological polar surface area (TPSA) is 60.9 Å². The summed E-state index contributed by atoms with van der Waals surface area (Å²) in [5, 5.41) is 0. The molecular formula is C21H25N3O3S. The van der Waals surface area contributed by atoms with Gasteiger partial charge in [-0.05, 0) is 55.8 Å². The summed E-state index contributed by atoms with van der Waals surface area (Å²) in [5.41, 5.74) is 2.34. The highest BCUT2D eigenvalue weighted by Crippen LogP contribution is 2.31. The maximum Gasteiger partial charge on any atom is 0.264 e. The lowest BCUT2D eigenvalue weighted by Crippen LogP contribution is -2.47. The van der Waals surface area contributed by atoms with E-state index in [4.69, 9.17) is 0 Å². The molecule has 0 radical (unpaired) electrons. The van der Waals surface area contributed by atoms with E-state index in [0.29, 0.717) is 25.2 Å². The lowest BCUT2D eigenvalue weighted by molar-refractivity contribution is 0.0664. The minimum Gasteiger partial charge on any atom is -0.336 e.